The third-order valence-corrected chi connectivity index (χ3v) is 4.86. The highest BCUT2D eigenvalue weighted by Crippen LogP contribution is 2.22. The lowest BCUT2D eigenvalue weighted by molar-refractivity contribution is -0.150. The lowest BCUT2D eigenvalue weighted by Crippen LogP contribution is -2.56. The molecule has 2 aromatic rings. The predicted molar refractivity (Wildman–Crippen MR) is 97.6 cm³/mol. The van der Waals surface area contributed by atoms with Crippen molar-refractivity contribution < 1.29 is 14.7 Å². The van der Waals surface area contributed by atoms with Crippen molar-refractivity contribution in [2.45, 2.75) is 25.6 Å². The van der Waals surface area contributed by atoms with Gasteiger partial charge in [0.05, 0.1) is 6.42 Å². The van der Waals surface area contributed by atoms with Gasteiger partial charge in [-0.1, -0.05) is 35.9 Å². The fourth-order valence-electron chi connectivity index (χ4n) is 3.17. The van der Waals surface area contributed by atoms with E-state index in [2.05, 4.69) is 4.98 Å². The van der Waals surface area contributed by atoms with Gasteiger partial charge in [0.2, 0.25) is 5.91 Å². The zero-order valence-electron chi connectivity index (χ0n) is 14.2. The second-order valence-electron chi connectivity index (χ2n) is 6.30. The minimum atomic E-state index is -0.987. The quantitative estimate of drug-likeness (QED) is 0.841. The Labute approximate surface area is 157 Å². The smallest absolute Gasteiger partial charge is 0.305 e. The molecule has 1 atom stereocenters. The summed E-state index contributed by atoms with van der Waals surface area (Å²) in [5.41, 5.74) is 1.81. The van der Waals surface area contributed by atoms with Crippen LogP contribution in [0.2, 0.25) is 5.02 Å². The van der Waals surface area contributed by atoms with Crippen molar-refractivity contribution in [1.29, 1.82) is 0 Å². The summed E-state index contributed by atoms with van der Waals surface area (Å²) in [6.45, 7) is 2.01. The van der Waals surface area contributed by atoms with Gasteiger partial charge < -0.3 is 10.0 Å². The molecule has 26 heavy (non-hydrogen) atoms. The van der Waals surface area contributed by atoms with Crippen LogP contribution in [0.5, 0.6) is 0 Å². The lowest BCUT2D eigenvalue weighted by atomic mass is 10.0. The van der Waals surface area contributed by atoms with Crippen molar-refractivity contribution in [3.63, 3.8) is 0 Å². The monoisotopic (exact) mass is 373 g/mol. The Balaban J connectivity index is 1.76. The van der Waals surface area contributed by atoms with Gasteiger partial charge in [-0.25, -0.2) is 0 Å². The Morgan fingerprint density at radius 3 is 2.69 bits per heavy atom. The number of carboxylic acids is 1. The van der Waals surface area contributed by atoms with Crippen LogP contribution in [0, 0.1) is 0 Å². The van der Waals surface area contributed by atoms with Crippen LogP contribution in [0.3, 0.4) is 0 Å². The maximum Gasteiger partial charge on any atom is 0.305 e. The summed E-state index contributed by atoms with van der Waals surface area (Å²) in [6.07, 6.45) is 3.20. The van der Waals surface area contributed by atoms with Crippen molar-refractivity contribution >= 4 is 23.5 Å². The molecule has 1 aliphatic heterocycles. The van der Waals surface area contributed by atoms with Crippen LogP contribution < -0.4 is 0 Å². The Hall–Kier alpha value is -2.44. The van der Waals surface area contributed by atoms with E-state index in [4.69, 9.17) is 11.6 Å². The molecule has 1 unspecified atom stereocenters. The van der Waals surface area contributed by atoms with Gasteiger partial charge in [0, 0.05) is 43.6 Å². The summed E-state index contributed by atoms with van der Waals surface area (Å²) < 4.78 is 0. The molecule has 1 aromatic carbocycles. The summed E-state index contributed by atoms with van der Waals surface area (Å²) in [5, 5.41) is 9.86. The number of pyridine rings is 1. The second kappa shape index (κ2) is 8.29. The third kappa shape index (κ3) is 4.39. The number of hydrogen-bond acceptors (Lipinski definition) is 4. The van der Waals surface area contributed by atoms with Gasteiger partial charge in [0.25, 0.3) is 0 Å². The van der Waals surface area contributed by atoms with Crippen LogP contribution >= 0.6 is 11.6 Å². The average Bonchev–Trinajstić information content (AvgIpc) is 2.63. The van der Waals surface area contributed by atoms with Gasteiger partial charge in [-0.2, -0.15) is 0 Å². The van der Waals surface area contributed by atoms with Crippen LogP contribution in [0.4, 0.5) is 0 Å². The lowest BCUT2D eigenvalue weighted by Gasteiger charge is -2.40. The fourth-order valence-corrected chi connectivity index (χ4v) is 3.36. The first kappa shape index (κ1) is 18.4. The first-order valence-corrected chi connectivity index (χ1v) is 8.79. The minimum Gasteiger partial charge on any atom is -0.481 e. The van der Waals surface area contributed by atoms with Crippen molar-refractivity contribution in [1.82, 2.24) is 14.8 Å². The van der Waals surface area contributed by atoms with Crippen LogP contribution in [0.15, 0.2) is 48.8 Å². The molecule has 3 rings (SSSR count). The number of halogens is 1. The van der Waals surface area contributed by atoms with E-state index in [0.717, 1.165) is 11.1 Å². The molecule has 0 bridgehead atoms. The SMILES string of the molecule is O=C(O)CC1C(=O)N(Cc2ccccc2Cl)CCN1Cc1cccnc1. The van der Waals surface area contributed by atoms with E-state index >= 15 is 0 Å². The minimum absolute atomic E-state index is 0.178. The molecule has 1 amide bonds. The van der Waals surface area contributed by atoms with Gasteiger partial charge in [-0.15, -0.1) is 0 Å². The zero-order chi connectivity index (χ0) is 18.5. The first-order valence-electron chi connectivity index (χ1n) is 8.41. The maximum absolute atomic E-state index is 12.9. The van der Waals surface area contributed by atoms with Gasteiger partial charge in [-0.05, 0) is 23.3 Å². The highest BCUT2D eigenvalue weighted by Gasteiger charge is 2.36. The molecule has 0 aliphatic carbocycles. The Morgan fingerprint density at radius 1 is 1.19 bits per heavy atom. The number of hydrogen-bond donors (Lipinski definition) is 1. The number of aromatic nitrogens is 1. The number of benzene rings is 1. The number of nitrogens with zero attached hydrogens (tertiary/aromatic N) is 3. The molecule has 1 N–H and O–H groups in total. The summed E-state index contributed by atoms with van der Waals surface area (Å²) in [7, 11) is 0. The van der Waals surface area contributed by atoms with Crippen molar-refractivity contribution in [3.8, 4) is 0 Å². The Kier molecular flexibility index (Phi) is 5.85. The number of amides is 1. The van der Waals surface area contributed by atoms with E-state index in [1.54, 1.807) is 23.4 Å². The van der Waals surface area contributed by atoms with E-state index in [1.165, 1.54) is 0 Å². The number of piperazine rings is 1. The van der Waals surface area contributed by atoms with E-state index in [-0.39, 0.29) is 12.3 Å². The molecule has 136 valence electrons. The van der Waals surface area contributed by atoms with Gasteiger partial charge in [0.1, 0.15) is 6.04 Å². The molecule has 1 fully saturated rings. The molecule has 7 heteroatoms. The highest BCUT2D eigenvalue weighted by atomic mass is 35.5. The number of carbonyl (C=O) groups excluding carboxylic acids is 1. The number of rotatable bonds is 6. The van der Waals surface area contributed by atoms with Crippen LogP contribution in [-0.4, -0.2) is 50.9 Å². The molecule has 1 saturated heterocycles. The maximum atomic E-state index is 12.9. The third-order valence-electron chi connectivity index (χ3n) is 4.49. The highest BCUT2D eigenvalue weighted by molar-refractivity contribution is 6.31. The molecule has 2 heterocycles. The number of carboxylic acid groups (broad SMARTS) is 1. The number of carbonyl (C=O) groups is 2. The standard InChI is InChI=1S/C19H20ClN3O3/c20-16-6-2-1-5-15(16)13-23-9-8-22(12-14-4-3-7-21-11-14)17(19(23)26)10-18(24)25/h1-7,11,17H,8-10,12-13H2,(H,24,25). The largest absolute Gasteiger partial charge is 0.481 e. The van der Waals surface area contributed by atoms with E-state index in [1.807, 2.05) is 35.2 Å². The fraction of sp³-hybridized carbons (Fsp3) is 0.316. The summed E-state index contributed by atoms with van der Waals surface area (Å²) >= 11 is 6.20. The van der Waals surface area contributed by atoms with Gasteiger partial charge >= 0.3 is 5.97 Å². The topological polar surface area (TPSA) is 73.7 Å². The zero-order valence-corrected chi connectivity index (χ0v) is 15.0. The molecule has 6 nitrogen and oxygen atoms in total. The van der Waals surface area contributed by atoms with E-state index in [0.29, 0.717) is 31.2 Å². The molecule has 1 aromatic heterocycles. The molecule has 0 spiro atoms. The average molecular weight is 374 g/mol. The van der Waals surface area contributed by atoms with Crippen LogP contribution in [0.25, 0.3) is 0 Å². The van der Waals surface area contributed by atoms with Crippen molar-refractivity contribution in [2.24, 2.45) is 0 Å². The summed E-state index contributed by atoms with van der Waals surface area (Å²) in [5.74, 6) is -1.17. The van der Waals surface area contributed by atoms with Crippen LogP contribution in [0.1, 0.15) is 17.5 Å². The first-order chi connectivity index (χ1) is 12.5. The normalized spacial score (nSPS) is 18.1. The molecular weight excluding hydrogens is 354 g/mol. The summed E-state index contributed by atoms with van der Waals surface area (Å²) in [6, 6.07) is 10.4. The van der Waals surface area contributed by atoms with Gasteiger partial charge in [0.15, 0.2) is 0 Å². The molecule has 1 aliphatic rings. The Morgan fingerprint density at radius 2 is 2.00 bits per heavy atom. The second-order valence-corrected chi connectivity index (χ2v) is 6.70. The van der Waals surface area contributed by atoms with Crippen molar-refractivity contribution in [3.05, 3.63) is 64.9 Å². The molecular formula is C19H20ClN3O3. The molecule has 0 saturated carbocycles. The van der Waals surface area contributed by atoms with Gasteiger partial charge in [-0.3, -0.25) is 19.5 Å². The predicted octanol–water partition coefficient (Wildman–Crippen LogP) is 2.42. The van der Waals surface area contributed by atoms with Crippen LogP contribution in [-0.2, 0) is 22.7 Å². The molecule has 0 radical (unpaired) electrons. The van der Waals surface area contributed by atoms with E-state index < -0.39 is 12.0 Å². The van der Waals surface area contributed by atoms with Crippen molar-refractivity contribution in [2.75, 3.05) is 13.1 Å². The Bertz CT molecular complexity index is 785. The van der Waals surface area contributed by atoms with E-state index in [9.17, 15) is 14.7 Å². The number of aliphatic carboxylic acids is 1. The summed E-state index contributed by atoms with van der Waals surface area (Å²) in [4.78, 5) is 31.9.